The van der Waals surface area contributed by atoms with E-state index in [4.69, 9.17) is 10.5 Å². The highest BCUT2D eigenvalue weighted by molar-refractivity contribution is 5.95. The number of nitrogens with two attached hydrogens (primary N) is 1. The van der Waals surface area contributed by atoms with E-state index in [0.717, 1.165) is 5.56 Å². The highest BCUT2D eigenvalue weighted by Crippen LogP contribution is 2.20. The number of nitrogen functional groups attached to an aromatic ring is 1. The molecule has 2 N–H and O–H groups in total. The van der Waals surface area contributed by atoms with Crippen molar-refractivity contribution in [1.82, 2.24) is 4.90 Å². The molecule has 0 aliphatic rings. The molecule has 2 aromatic rings. The predicted octanol–water partition coefficient (Wildman–Crippen LogP) is 2.69. The lowest BCUT2D eigenvalue weighted by molar-refractivity contribution is 0.0784. The first-order chi connectivity index (χ1) is 9.99. The lowest BCUT2D eigenvalue weighted by Crippen LogP contribution is -2.26. The number of nitrogens with zero attached hydrogens (tertiary/aromatic N) is 1. The zero-order valence-corrected chi connectivity index (χ0v) is 12.0. The number of carbonyl (C=O) groups is 1. The third-order valence-corrected chi connectivity index (χ3v) is 3.07. The molecule has 0 bridgehead atoms. The Labute approximate surface area is 122 Å². The number of hydrogen-bond acceptors (Lipinski definition) is 3. The molecule has 1 amide bonds. The minimum Gasteiger partial charge on any atom is -0.497 e. The van der Waals surface area contributed by atoms with Gasteiger partial charge in [0.05, 0.1) is 7.11 Å². The number of rotatable bonds is 4. The topological polar surface area (TPSA) is 55.6 Å². The first-order valence-corrected chi connectivity index (χ1v) is 6.44. The SMILES string of the molecule is COc1cc(N)cc(C(=O)N(C)Cc2cccc(F)c2)c1. The van der Waals surface area contributed by atoms with Gasteiger partial charge < -0.3 is 15.4 Å². The minimum absolute atomic E-state index is 0.204. The van der Waals surface area contributed by atoms with Crippen LogP contribution in [0.2, 0.25) is 0 Å². The van der Waals surface area contributed by atoms with Crippen LogP contribution in [0.4, 0.5) is 10.1 Å². The normalized spacial score (nSPS) is 10.2. The summed E-state index contributed by atoms with van der Waals surface area (Å²) in [4.78, 5) is 13.9. The minimum atomic E-state index is -0.320. The molecule has 2 rings (SSSR count). The number of carbonyl (C=O) groups excluding carboxylic acids is 1. The average Bonchev–Trinajstić information content (AvgIpc) is 2.45. The highest BCUT2D eigenvalue weighted by atomic mass is 19.1. The van der Waals surface area contributed by atoms with Crippen molar-refractivity contribution in [1.29, 1.82) is 0 Å². The Morgan fingerprint density at radius 3 is 2.71 bits per heavy atom. The van der Waals surface area contributed by atoms with Crippen molar-refractivity contribution in [2.75, 3.05) is 19.9 Å². The van der Waals surface area contributed by atoms with Crippen LogP contribution in [0.15, 0.2) is 42.5 Å². The Balaban J connectivity index is 2.17. The molecular weight excluding hydrogens is 271 g/mol. The van der Waals surface area contributed by atoms with Gasteiger partial charge in [-0.1, -0.05) is 12.1 Å². The van der Waals surface area contributed by atoms with E-state index in [-0.39, 0.29) is 11.7 Å². The van der Waals surface area contributed by atoms with Crippen molar-refractivity contribution < 1.29 is 13.9 Å². The lowest BCUT2D eigenvalue weighted by atomic mass is 10.1. The van der Waals surface area contributed by atoms with Crippen molar-refractivity contribution in [2.45, 2.75) is 6.54 Å². The summed E-state index contributed by atoms with van der Waals surface area (Å²) < 4.78 is 18.3. The number of benzene rings is 2. The molecule has 0 aromatic heterocycles. The molecule has 0 heterocycles. The van der Waals surface area contributed by atoms with Gasteiger partial charge in [0.15, 0.2) is 0 Å². The lowest BCUT2D eigenvalue weighted by Gasteiger charge is -2.18. The van der Waals surface area contributed by atoms with Crippen LogP contribution in [0.25, 0.3) is 0 Å². The summed E-state index contributed by atoms with van der Waals surface area (Å²) >= 11 is 0. The average molecular weight is 288 g/mol. The maximum absolute atomic E-state index is 13.2. The van der Waals surface area contributed by atoms with Crippen LogP contribution in [0.5, 0.6) is 5.75 Å². The summed E-state index contributed by atoms with van der Waals surface area (Å²) in [7, 11) is 3.17. The fourth-order valence-electron chi connectivity index (χ4n) is 2.06. The molecule has 21 heavy (non-hydrogen) atoms. The molecule has 0 atom stereocenters. The second kappa shape index (κ2) is 6.26. The molecule has 5 heteroatoms. The Hall–Kier alpha value is -2.56. The van der Waals surface area contributed by atoms with E-state index in [1.807, 2.05) is 0 Å². The zero-order valence-electron chi connectivity index (χ0n) is 12.0. The summed E-state index contributed by atoms with van der Waals surface area (Å²) in [6, 6.07) is 11.0. The number of halogens is 1. The number of amides is 1. The zero-order chi connectivity index (χ0) is 15.4. The molecule has 0 saturated carbocycles. The largest absolute Gasteiger partial charge is 0.497 e. The second-order valence-corrected chi connectivity index (χ2v) is 4.79. The van der Waals surface area contributed by atoms with Crippen molar-refractivity contribution in [2.24, 2.45) is 0 Å². The number of hydrogen-bond donors (Lipinski definition) is 1. The van der Waals surface area contributed by atoms with E-state index >= 15 is 0 Å². The Morgan fingerprint density at radius 1 is 1.29 bits per heavy atom. The standard InChI is InChI=1S/C16H17FN2O2/c1-19(10-11-4-3-5-13(17)6-11)16(20)12-7-14(18)9-15(8-12)21-2/h3-9H,10,18H2,1-2H3. The van der Waals surface area contributed by atoms with Gasteiger partial charge >= 0.3 is 0 Å². The third kappa shape index (κ3) is 3.72. The first-order valence-electron chi connectivity index (χ1n) is 6.44. The third-order valence-electron chi connectivity index (χ3n) is 3.07. The summed E-state index contributed by atoms with van der Waals surface area (Å²) in [6.07, 6.45) is 0. The Morgan fingerprint density at radius 2 is 2.05 bits per heavy atom. The molecule has 2 aromatic carbocycles. The maximum atomic E-state index is 13.2. The molecule has 0 radical (unpaired) electrons. The Kier molecular flexibility index (Phi) is 4.42. The quantitative estimate of drug-likeness (QED) is 0.880. The molecule has 0 spiro atoms. The molecule has 4 nitrogen and oxygen atoms in total. The van der Waals surface area contributed by atoms with E-state index in [1.54, 1.807) is 37.4 Å². The van der Waals surface area contributed by atoms with Crippen LogP contribution in [0.1, 0.15) is 15.9 Å². The second-order valence-electron chi connectivity index (χ2n) is 4.79. The molecular formula is C16H17FN2O2. The summed E-state index contributed by atoms with van der Waals surface area (Å²) in [5.74, 6) is 0.00124. The summed E-state index contributed by atoms with van der Waals surface area (Å²) in [5.41, 5.74) is 7.36. The van der Waals surface area contributed by atoms with Gasteiger partial charge in [-0.15, -0.1) is 0 Å². The number of ether oxygens (including phenoxy) is 1. The monoisotopic (exact) mass is 288 g/mol. The fraction of sp³-hybridized carbons (Fsp3) is 0.188. The summed E-state index contributed by atoms with van der Waals surface area (Å²) in [6.45, 7) is 0.313. The van der Waals surface area contributed by atoms with Crippen LogP contribution in [0, 0.1) is 5.82 Å². The van der Waals surface area contributed by atoms with Gasteiger partial charge in [-0.2, -0.15) is 0 Å². The fourth-order valence-corrected chi connectivity index (χ4v) is 2.06. The van der Waals surface area contributed by atoms with E-state index in [0.29, 0.717) is 23.5 Å². The van der Waals surface area contributed by atoms with Crippen molar-refractivity contribution in [3.8, 4) is 5.75 Å². The van der Waals surface area contributed by atoms with Gasteiger partial charge in [0.25, 0.3) is 5.91 Å². The van der Waals surface area contributed by atoms with Gasteiger partial charge in [-0.05, 0) is 29.8 Å². The Bertz CT molecular complexity index is 658. The maximum Gasteiger partial charge on any atom is 0.254 e. The van der Waals surface area contributed by atoms with Crippen LogP contribution in [0.3, 0.4) is 0 Å². The van der Waals surface area contributed by atoms with Crippen LogP contribution >= 0.6 is 0 Å². The van der Waals surface area contributed by atoms with Crippen LogP contribution in [-0.4, -0.2) is 25.0 Å². The van der Waals surface area contributed by atoms with Gasteiger partial charge in [0.1, 0.15) is 11.6 Å². The van der Waals surface area contributed by atoms with E-state index < -0.39 is 0 Å². The molecule has 0 fully saturated rings. The van der Waals surface area contributed by atoms with Gasteiger partial charge in [0, 0.05) is 30.9 Å². The van der Waals surface area contributed by atoms with E-state index in [9.17, 15) is 9.18 Å². The van der Waals surface area contributed by atoms with Crippen LogP contribution < -0.4 is 10.5 Å². The van der Waals surface area contributed by atoms with Gasteiger partial charge in [-0.25, -0.2) is 4.39 Å². The van der Waals surface area contributed by atoms with Gasteiger partial charge in [0.2, 0.25) is 0 Å². The number of anilines is 1. The number of methoxy groups -OCH3 is 1. The molecule has 0 aliphatic heterocycles. The van der Waals surface area contributed by atoms with Crippen molar-refractivity contribution >= 4 is 11.6 Å². The predicted molar refractivity (Wildman–Crippen MR) is 79.6 cm³/mol. The molecule has 110 valence electrons. The van der Waals surface area contributed by atoms with Gasteiger partial charge in [-0.3, -0.25) is 4.79 Å². The molecule has 0 unspecified atom stereocenters. The van der Waals surface area contributed by atoms with E-state index in [2.05, 4.69) is 0 Å². The first kappa shape index (κ1) is 14.8. The summed E-state index contributed by atoms with van der Waals surface area (Å²) in [5, 5.41) is 0. The molecule has 0 aliphatic carbocycles. The van der Waals surface area contributed by atoms with Crippen LogP contribution in [-0.2, 0) is 6.54 Å². The van der Waals surface area contributed by atoms with E-state index in [1.165, 1.54) is 24.1 Å². The highest BCUT2D eigenvalue weighted by Gasteiger charge is 2.14. The van der Waals surface area contributed by atoms with Crippen molar-refractivity contribution in [3.05, 3.63) is 59.4 Å². The smallest absolute Gasteiger partial charge is 0.254 e. The molecule has 0 saturated heterocycles. The van der Waals surface area contributed by atoms with Crippen molar-refractivity contribution in [3.63, 3.8) is 0 Å².